The van der Waals surface area contributed by atoms with Gasteiger partial charge in [-0.15, -0.1) is 18.2 Å². The Morgan fingerprint density at radius 2 is 1.32 bits per heavy atom. The van der Waals surface area contributed by atoms with E-state index in [4.69, 9.17) is 9.40 Å². The van der Waals surface area contributed by atoms with Gasteiger partial charge >= 0.3 is 99.8 Å². The van der Waals surface area contributed by atoms with Crippen LogP contribution in [0.4, 0.5) is 0 Å². The van der Waals surface area contributed by atoms with Gasteiger partial charge in [-0.05, 0) is 47.0 Å². The van der Waals surface area contributed by atoms with Gasteiger partial charge in [0.1, 0.15) is 5.58 Å². The number of hydrogen-bond acceptors (Lipinski definition) is 3. The van der Waals surface area contributed by atoms with Crippen molar-refractivity contribution in [2.24, 2.45) is 0 Å². The molecular formula is C51H39GeIrN3O-2. The molecule has 10 aromatic rings. The standard InChI is InChI=1S/C37H23N2O.C14H16GeN.Ir/c1-3-12-25(13-4-1)27-22-23-33(31(24-27)26-14-5-2-6-15-26)39-34-20-9-8-19-32(34)38-37(39)30-18-11-17-29-28-16-7-10-21-35(28)40-36(29)30;1-15(2,3)13-9-10-14(16-11-13)12-7-5-4-6-8-12;/h1-17,19-24H;4-7,9-11H,1-3H3;/q2*-1;. The fraction of sp³-hybridized carbons (Fsp3) is 0.0588. The summed E-state index contributed by atoms with van der Waals surface area (Å²) in [7, 11) is 0. The molecule has 0 saturated carbocycles. The van der Waals surface area contributed by atoms with Crippen LogP contribution in [0, 0.1) is 12.1 Å². The number of hydrogen-bond donors (Lipinski definition) is 0. The van der Waals surface area contributed by atoms with Crippen molar-refractivity contribution in [3.63, 3.8) is 0 Å². The van der Waals surface area contributed by atoms with Crippen LogP contribution in [0.25, 0.3) is 83.6 Å². The van der Waals surface area contributed by atoms with Gasteiger partial charge in [-0.25, -0.2) is 0 Å². The number of para-hydroxylation sites is 3. The van der Waals surface area contributed by atoms with Gasteiger partial charge in [0.25, 0.3) is 0 Å². The number of rotatable bonds is 6. The summed E-state index contributed by atoms with van der Waals surface area (Å²) in [4.78, 5) is 9.70. The van der Waals surface area contributed by atoms with Gasteiger partial charge in [0, 0.05) is 36.7 Å². The number of nitrogens with zero attached hydrogens (tertiary/aromatic N) is 3. The predicted octanol–water partition coefficient (Wildman–Crippen LogP) is 12.8. The molecule has 0 atom stereocenters. The van der Waals surface area contributed by atoms with Crippen LogP contribution in [0.2, 0.25) is 17.3 Å². The maximum absolute atomic E-state index is 6.43. The molecule has 3 heterocycles. The fourth-order valence-electron chi connectivity index (χ4n) is 7.23. The molecular weight excluding hydrogens is 935 g/mol. The van der Waals surface area contributed by atoms with Crippen LogP contribution in [0.1, 0.15) is 0 Å². The van der Waals surface area contributed by atoms with Crippen molar-refractivity contribution in [3.8, 4) is 50.6 Å². The number of imidazole rings is 1. The summed E-state index contributed by atoms with van der Waals surface area (Å²) in [6, 6.07) is 67.2. The van der Waals surface area contributed by atoms with E-state index in [-0.39, 0.29) is 20.1 Å². The molecule has 7 aromatic carbocycles. The molecule has 0 aliphatic carbocycles. The van der Waals surface area contributed by atoms with Crippen LogP contribution < -0.4 is 4.40 Å². The van der Waals surface area contributed by atoms with Crippen LogP contribution in [0.5, 0.6) is 0 Å². The average molecular weight is 975 g/mol. The molecule has 6 heteroatoms. The summed E-state index contributed by atoms with van der Waals surface area (Å²) in [5.41, 5.74) is 12.2. The van der Waals surface area contributed by atoms with Crippen molar-refractivity contribution < 1.29 is 24.5 Å². The average Bonchev–Trinajstić information content (AvgIpc) is 3.83. The van der Waals surface area contributed by atoms with Crippen LogP contribution in [-0.4, -0.2) is 27.8 Å². The summed E-state index contributed by atoms with van der Waals surface area (Å²) >= 11 is -1.72. The maximum Gasteiger partial charge on any atom is 0.120 e. The molecule has 0 spiro atoms. The van der Waals surface area contributed by atoms with Gasteiger partial charge in [-0.3, -0.25) is 4.98 Å². The zero-order valence-corrected chi connectivity index (χ0v) is 36.4. The van der Waals surface area contributed by atoms with Gasteiger partial charge < -0.3 is 8.98 Å². The molecule has 3 aromatic heterocycles. The van der Waals surface area contributed by atoms with Crippen molar-refractivity contribution in [1.82, 2.24) is 14.5 Å². The molecule has 0 saturated heterocycles. The van der Waals surface area contributed by atoms with Crippen molar-refractivity contribution in [2.45, 2.75) is 17.3 Å². The number of benzene rings is 7. The molecule has 0 aliphatic rings. The minimum absolute atomic E-state index is 0. The SMILES string of the molecule is [CH3][Ge]([CH3])([CH3])[c]1ccc(-c2[c-]cccc2)nc1.[Ir].[c-]1ccc2c(oc3ccccc32)c1-c1nc2ccccc2n1-c1ccc(-c2ccccc2)cc1-c1ccccc1. The summed E-state index contributed by atoms with van der Waals surface area (Å²) in [6.07, 6.45) is 2.04. The predicted molar refractivity (Wildman–Crippen MR) is 235 cm³/mol. The third kappa shape index (κ3) is 7.67. The molecule has 0 fully saturated rings. The minimum Gasteiger partial charge on any atom is -0.501 e. The molecule has 279 valence electrons. The van der Waals surface area contributed by atoms with E-state index in [1.165, 1.54) is 15.5 Å². The van der Waals surface area contributed by atoms with E-state index in [1.54, 1.807) is 0 Å². The molecule has 1 radical (unpaired) electrons. The normalized spacial score (nSPS) is 11.3. The first-order chi connectivity index (χ1) is 27.4. The molecule has 4 nitrogen and oxygen atoms in total. The first-order valence-electron chi connectivity index (χ1n) is 18.9. The Balaban J connectivity index is 0.000000226. The van der Waals surface area contributed by atoms with Crippen LogP contribution in [0.3, 0.4) is 0 Å². The van der Waals surface area contributed by atoms with Gasteiger partial charge in [-0.2, -0.15) is 0 Å². The fourth-order valence-corrected chi connectivity index (χ4v) is 9.41. The maximum atomic E-state index is 6.43. The second-order valence-electron chi connectivity index (χ2n) is 14.9. The van der Waals surface area contributed by atoms with E-state index in [0.29, 0.717) is 0 Å². The molecule has 10 rings (SSSR count). The van der Waals surface area contributed by atoms with Gasteiger partial charge in [-0.1, -0.05) is 108 Å². The summed E-state index contributed by atoms with van der Waals surface area (Å²) < 4.78 is 10.1. The van der Waals surface area contributed by atoms with E-state index in [2.05, 4.69) is 160 Å². The van der Waals surface area contributed by atoms with Gasteiger partial charge in [0.05, 0.1) is 22.4 Å². The molecule has 0 bridgehead atoms. The number of furan rings is 1. The van der Waals surface area contributed by atoms with E-state index in [0.717, 1.165) is 72.4 Å². The summed E-state index contributed by atoms with van der Waals surface area (Å²) in [5, 5.41) is 2.15. The summed E-state index contributed by atoms with van der Waals surface area (Å²) in [6.45, 7) is 0. The molecule has 0 unspecified atom stereocenters. The Morgan fingerprint density at radius 3 is 2.05 bits per heavy atom. The third-order valence-electron chi connectivity index (χ3n) is 10.2. The second-order valence-corrected chi connectivity index (χ2v) is 25.5. The Morgan fingerprint density at radius 1 is 0.596 bits per heavy atom. The number of fused-ring (bicyclic) bond motifs is 4. The zero-order valence-electron chi connectivity index (χ0n) is 31.9. The quantitative estimate of drug-likeness (QED) is 0.123. The number of pyridine rings is 1. The Labute approximate surface area is 349 Å². The van der Waals surface area contributed by atoms with Gasteiger partial charge in [0.15, 0.2) is 0 Å². The first-order valence-corrected chi connectivity index (χ1v) is 26.3. The molecule has 0 aliphatic heterocycles. The number of aromatic nitrogens is 3. The third-order valence-corrected chi connectivity index (χ3v) is 14.4. The zero-order chi connectivity index (χ0) is 38.1. The topological polar surface area (TPSA) is 43.9 Å². The summed E-state index contributed by atoms with van der Waals surface area (Å²) in [5.74, 6) is 7.94. The van der Waals surface area contributed by atoms with Crippen molar-refractivity contribution in [2.75, 3.05) is 0 Å². The van der Waals surface area contributed by atoms with Crippen molar-refractivity contribution in [1.29, 1.82) is 0 Å². The molecule has 57 heavy (non-hydrogen) atoms. The van der Waals surface area contributed by atoms with E-state index >= 15 is 0 Å². The minimum atomic E-state index is -1.72. The first kappa shape index (κ1) is 38.0. The van der Waals surface area contributed by atoms with Crippen molar-refractivity contribution in [3.05, 3.63) is 194 Å². The Bertz CT molecular complexity index is 2930. The van der Waals surface area contributed by atoms with Crippen molar-refractivity contribution >= 4 is 50.6 Å². The van der Waals surface area contributed by atoms with Gasteiger partial charge in [0.2, 0.25) is 0 Å². The largest absolute Gasteiger partial charge is 0.501 e. The molecule has 0 N–H and O–H groups in total. The van der Waals surface area contributed by atoms with E-state index in [9.17, 15) is 0 Å². The van der Waals surface area contributed by atoms with E-state index in [1.807, 2.05) is 60.8 Å². The van der Waals surface area contributed by atoms with E-state index < -0.39 is 13.3 Å². The monoisotopic (exact) mass is 976 g/mol. The van der Waals surface area contributed by atoms with Crippen LogP contribution >= 0.6 is 0 Å². The smallest absolute Gasteiger partial charge is 0.120 e. The molecule has 0 amide bonds. The van der Waals surface area contributed by atoms with Crippen LogP contribution in [-0.2, 0) is 20.1 Å². The Kier molecular flexibility index (Phi) is 10.9. The second kappa shape index (κ2) is 16.3. The Hall–Kier alpha value is -5.85. The van der Waals surface area contributed by atoms with Crippen LogP contribution in [0.15, 0.2) is 187 Å².